The molecule has 5 nitrogen and oxygen atoms in total. The van der Waals surface area contributed by atoms with Crippen LogP contribution in [0.4, 0.5) is 10.6 Å². The van der Waals surface area contributed by atoms with Crippen molar-refractivity contribution in [2.24, 2.45) is 0 Å². The topological polar surface area (TPSA) is 63.2 Å². The molecule has 2 aromatic rings. The van der Waals surface area contributed by atoms with E-state index < -0.39 is 0 Å². The van der Waals surface area contributed by atoms with Gasteiger partial charge in [-0.2, -0.15) is 0 Å². The van der Waals surface area contributed by atoms with Gasteiger partial charge in [-0.3, -0.25) is 5.32 Å². The Morgan fingerprint density at radius 3 is 2.65 bits per heavy atom. The number of carbonyl (C=O) groups is 1. The first-order chi connectivity index (χ1) is 9.67. The second kappa shape index (κ2) is 6.56. The van der Waals surface area contributed by atoms with Gasteiger partial charge in [0.25, 0.3) is 0 Å². The Morgan fingerprint density at radius 1 is 1.25 bits per heavy atom. The number of hydrogen-bond donors (Lipinski definition) is 2. The van der Waals surface area contributed by atoms with E-state index in [9.17, 15) is 4.79 Å². The van der Waals surface area contributed by atoms with Crippen molar-refractivity contribution in [3.05, 3.63) is 53.7 Å². The predicted octanol–water partition coefficient (Wildman–Crippen LogP) is 2.72. The number of methoxy groups -OCH3 is 1. The van der Waals surface area contributed by atoms with Gasteiger partial charge in [0.2, 0.25) is 0 Å². The Hall–Kier alpha value is -2.56. The number of pyridine rings is 1. The summed E-state index contributed by atoms with van der Waals surface area (Å²) in [4.78, 5) is 15.8. The molecule has 0 unspecified atom stereocenters. The first kappa shape index (κ1) is 13.9. The van der Waals surface area contributed by atoms with Gasteiger partial charge in [0.05, 0.1) is 7.11 Å². The van der Waals surface area contributed by atoms with Crippen molar-refractivity contribution in [1.82, 2.24) is 10.3 Å². The maximum Gasteiger partial charge on any atom is 0.320 e. The molecule has 5 heteroatoms. The van der Waals surface area contributed by atoms with Crippen molar-refractivity contribution >= 4 is 11.8 Å². The van der Waals surface area contributed by atoms with E-state index in [0.29, 0.717) is 12.4 Å². The van der Waals surface area contributed by atoms with E-state index in [2.05, 4.69) is 15.6 Å². The number of rotatable bonds is 4. The number of carbonyl (C=O) groups excluding carboxylic acids is 1. The molecular weight excluding hydrogens is 254 g/mol. The van der Waals surface area contributed by atoms with Gasteiger partial charge in [0, 0.05) is 12.7 Å². The van der Waals surface area contributed by atoms with Crippen molar-refractivity contribution in [3.63, 3.8) is 0 Å². The van der Waals surface area contributed by atoms with Gasteiger partial charge in [-0.05, 0) is 42.3 Å². The lowest BCUT2D eigenvalue weighted by molar-refractivity contribution is 0.251. The van der Waals surface area contributed by atoms with Crippen LogP contribution in [-0.2, 0) is 6.54 Å². The van der Waals surface area contributed by atoms with E-state index in [1.165, 1.54) is 0 Å². The Balaban J connectivity index is 1.85. The van der Waals surface area contributed by atoms with Crippen LogP contribution in [-0.4, -0.2) is 18.1 Å². The summed E-state index contributed by atoms with van der Waals surface area (Å²) in [7, 11) is 1.62. The van der Waals surface area contributed by atoms with Gasteiger partial charge in [-0.15, -0.1) is 0 Å². The number of ether oxygens (including phenoxy) is 1. The average Bonchev–Trinajstić information content (AvgIpc) is 2.46. The van der Waals surface area contributed by atoms with E-state index in [0.717, 1.165) is 16.9 Å². The van der Waals surface area contributed by atoms with Gasteiger partial charge in [0.1, 0.15) is 11.6 Å². The number of aromatic nitrogens is 1. The van der Waals surface area contributed by atoms with Gasteiger partial charge in [-0.25, -0.2) is 9.78 Å². The molecule has 2 N–H and O–H groups in total. The van der Waals surface area contributed by atoms with Crippen LogP contribution < -0.4 is 15.4 Å². The number of hydrogen-bond acceptors (Lipinski definition) is 3. The monoisotopic (exact) mass is 271 g/mol. The highest BCUT2D eigenvalue weighted by Gasteiger charge is 2.02. The fourth-order valence-electron chi connectivity index (χ4n) is 1.69. The molecule has 1 heterocycles. The third-order valence-corrected chi connectivity index (χ3v) is 2.77. The zero-order valence-electron chi connectivity index (χ0n) is 11.5. The van der Waals surface area contributed by atoms with Crippen molar-refractivity contribution in [2.45, 2.75) is 13.5 Å². The molecule has 0 spiro atoms. The zero-order chi connectivity index (χ0) is 14.4. The molecule has 0 radical (unpaired) electrons. The normalized spacial score (nSPS) is 9.90. The van der Waals surface area contributed by atoms with E-state index in [4.69, 9.17) is 4.74 Å². The molecule has 0 atom stereocenters. The van der Waals surface area contributed by atoms with Gasteiger partial charge < -0.3 is 10.1 Å². The largest absolute Gasteiger partial charge is 0.497 e. The fraction of sp³-hybridized carbons (Fsp3) is 0.200. The summed E-state index contributed by atoms with van der Waals surface area (Å²) < 4.78 is 5.08. The van der Waals surface area contributed by atoms with Crippen LogP contribution in [0.5, 0.6) is 5.75 Å². The molecule has 0 saturated carbocycles. The fourth-order valence-corrected chi connectivity index (χ4v) is 1.69. The highest BCUT2D eigenvalue weighted by molar-refractivity contribution is 5.88. The van der Waals surface area contributed by atoms with E-state index >= 15 is 0 Å². The van der Waals surface area contributed by atoms with Crippen molar-refractivity contribution in [3.8, 4) is 5.75 Å². The molecule has 0 aliphatic carbocycles. The predicted molar refractivity (Wildman–Crippen MR) is 77.8 cm³/mol. The highest BCUT2D eigenvalue weighted by atomic mass is 16.5. The maximum absolute atomic E-state index is 11.7. The number of amides is 2. The van der Waals surface area contributed by atoms with Crippen LogP contribution in [0.2, 0.25) is 0 Å². The number of aryl methyl sites for hydroxylation is 1. The standard InChI is InChI=1S/C15H17N3O2/c1-11-7-8-16-14(9-11)18-15(19)17-10-12-3-5-13(20-2)6-4-12/h3-9H,10H2,1-2H3,(H2,16,17,18,19). The minimum Gasteiger partial charge on any atom is -0.497 e. The van der Waals surface area contributed by atoms with Crippen LogP contribution in [0.15, 0.2) is 42.6 Å². The summed E-state index contributed by atoms with van der Waals surface area (Å²) in [6.45, 7) is 2.39. The van der Waals surface area contributed by atoms with Gasteiger partial charge >= 0.3 is 6.03 Å². The van der Waals surface area contributed by atoms with Crippen molar-refractivity contribution in [2.75, 3.05) is 12.4 Å². The Morgan fingerprint density at radius 2 is 2.00 bits per heavy atom. The summed E-state index contributed by atoms with van der Waals surface area (Å²) in [6, 6.07) is 10.9. The zero-order valence-corrected chi connectivity index (χ0v) is 11.5. The molecule has 2 amide bonds. The third-order valence-electron chi connectivity index (χ3n) is 2.77. The van der Waals surface area contributed by atoms with Crippen LogP contribution in [0, 0.1) is 6.92 Å². The lowest BCUT2D eigenvalue weighted by atomic mass is 10.2. The smallest absolute Gasteiger partial charge is 0.320 e. The second-order valence-electron chi connectivity index (χ2n) is 4.37. The van der Waals surface area contributed by atoms with Crippen LogP contribution >= 0.6 is 0 Å². The first-order valence-electron chi connectivity index (χ1n) is 6.28. The Bertz CT molecular complexity index is 582. The summed E-state index contributed by atoms with van der Waals surface area (Å²) in [6.07, 6.45) is 1.66. The first-order valence-corrected chi connectivity index (χ1v) is 6.28. The number of benzene rings is 1. The maximum atomic E-state index is 11.7. The van der Waals surface area contributed by atoms with Gasteiger partial charge in [0.15, 0.2) is 0 Å². The number of nitrogens with zero attached hydrogens (tertiary/aromatic N) is 1. The second-order valence-corrected chi connectivity index (χ2v) is 4.37. The SMILES string of the molecule is COc1ccc(CNC(=O)Nc2cc(C)ccn2)cc1. The van der Waals surface area contributed by atoms with Crippen molar-refractivity contribution < 1.29 is 9.53 Å². The van der Waals surface area contributed by atoms with Gasteiger partial charge in [-0.1, -0.05) is 12.1 Å². The van der Waals surface area contributed by atoms with Crippen LogP contribution in [0.25, 0.3) is 0 Å². The lowest BCUT2D eigenvalue weighted by Gasteiger charge is -2.08. The van der Waals surface area contributed by atoms with E-state index in [-0.39, 0.29) is 6.03 Å². The molecule has 2 rings (SSSR count). The lowest BCUT2D eigenvalue weighted by Crippen LogP contribution is -2.28. The summed E-state index contributed by atoms with van der Waals surface area (Å²) >= 11 is 0. The molecule has 0 saturated heterocycles. The number of urea groups is 1. The molecule has 0 aliphatic rings. The van der Waals surface area contributed by atoms with Crippen molar-refractivity contribution in [1.29, 1.82) is 0 Å². The van der Waals surface area contributed by atoms with E-state index in [1.807, 2.05) is 43.3 Å². The minimum atomic E-state index is -0.279. The average molecular weight is 271 g/mol. The highest BCUT2D eigenvalue weighted by Crippen LogP contribution is 2.11. The summed E-state index contributed by atoms with van der Waals surface area (Å²) in [5, 5.41) is 5.46. The number of anilines is 1. The minimum absolute atomic E-state index is 0.279. The molecule has 104 valence electrons. The molecule has 20 heavy (non-hydrogen) atoms. The number of nitrogens with one attached hydrogen (secondary N) is 2. The van der Waals surface area contributed by atoms with Crippen LogP contribution in [0.3, 0.4) is 0 Å². The molecule has 1 aromatic heterocycles. The van der Waals surface area contributed by atoms with Crippen LogP contribution in [0.1, 0.15) is 11.1 Å². The third kappa shape index (κ3) is 3.98. The molecule has 1 aromatic carbocycles. The molecule has 0 fully saturated rings. The molecule has 0 bridgehead atoms. The Labute approximate surface area is 118 Å². The quantitative estimate of drug-likeness (QED) is 0.898. The molecular formula is C15H17N3O2. The Kier molecular flexibility index (Phi) is 4.55. The summed E-state index contributed by atoms with van der Waals surface area (Å²) in [5.74, 6) is 1.33. The van der Waals surface area contributed by atoms with E-state index in [1.54, 1.807) is 13.3 Å². The summed E-state index contributed by atoms with van der Waals surface area (Å²) in [5.41, 5.74) is 2.05. The molecule has 0 aliphatic heterocycles.